The van der Waals surface area contributed by atoms with Gasteiger partial charge in [0.05, 0.1) is 0 Å². The predicted molar refractivity (Wildman–Crippen MR) is 216 cm³/mol. The summed E-state index contributed by atoms with van der Waals surface area (Å²) in [7, 11) is -2.28. The molecule has 0 spiro atoms. The molecule has 1 aliphatic carbocycles. The van der Waals surface area contributed by atoms with E-state index in [0.717, 1.165) is 51.5 Å². The van der Waals surface area contributed by atoms with Crippen LogP contribution in [0, 0.1) is 0 Å². The molecule has 5 heteroatoms. The summed E-state index contributed by atoms with van der Waals surface area (Å²) in [6.07, 6.45) is 5.92. The average Bonchev–Trinajstić information content (AvgIpc) is 3.21. The van der Waals surface area contributed by atoms with E-state index in [9.17, 15) is 4.57 Å². The molecule has 0 atom stereocenters. The quantitative estimate of drug-likeness (QED) is 0.149. The van der Waals surface area contributed by atoms with Gasteiger partial charge in [-0.25, -0.2) is 15.0 Å². The molecule has 0 unspecified atom stereocenters. The van der Waals surface area contributed by atoms with Gasteiger partial charge >= 0.3 is 0 Å². The van der Waals surface area contributed by atoms with Crippen LogP contribution in [0.3, 0.4) is 0 Å². The molecule has 52 heavy (non-hydrogen) atoms. The zero-order chi connectivity index (χ0) is 35.5. The lowest BCUT2D eigenvalue weighted by atomic mass is 9.65. The molecule has 0 amide bonds. The van der Waals surface area contributed by atoms with Crippen LogP contribution in [-0.2, 0) is 9.98 Å². The summed E-state index contributed by atoms with van der Waals surface area (Å²) in [6.45, 7) is 3.64. The van der Waals surface area contributed by atoms with Crippen LogP contribution in [0.4, 0.5) is 0 Å². The Labute approximate surface area is 307 Å². The van der Waals surface area contributed by atoms with E-state index in [1.807, 2.05) is 61.9 Å². The van der Waals surface area contributed by atoms with Crippen molar-refractivity contribution in [3.63, 3.8) is 0 Å². The van der Waals surface area contributed by atoms with Gasteiger partial charge < -0.3 is 4.57 Å². The second kappa shape index (κ2) is 14.3. The summed E-state index contributed by atoms with van der Waals surface area (Å²) in [6, 6.07) is 55.3. The summed E-state index contributed by atoms with van der Waals surface area (Å²) in [4.78, 5) is 15.1. The third kappa shape index (κ3) is 6.92. The highest BCUT2D eigenvalue weighted by atomic mass is 31.2. The third-order valence-corrected chi connectivity index (χ3v) is 12.1. The Bertz CT molecular complexity index is 2340. The standard InChI is InChI=1S/C47H42N3OP/c1-52(2,51)43-29-23-36(24-30-43)35-19-25-41(26-20-35)47(31-10-5-11-32-47)42-27-21-38(22-28-42)45-48-44(37-15-8-4-9-16-37)49-46(50-45)40-18-12-17-39(33-40)34-13-6-3-7-14-34/h3-4,6-9,12-30,33H,5,10-11,31-32H2,1-2H3. The van der Waals surface area contributed by atoms with Gasteiger partial charge in [-0.05, 0) is 65.6 Å². The first-order valence-electron chi connectivity index (χ1n) is 18.2. The Balaban J connectivity index is 1.14. The van der Waals surface area contributed by atoms with E-state index in [-0.39, 0.29) is 5.41 Å². The number of benzene rings is 6. The molecule has 1 heterocycles. The van der Waals surface area contributed by atoms with E-state index in [2.05, 4.69) is 109 Å². The van der Waals surface area contributed by atoms with Crippen molar-refractivity contribution in [1.82, 2.24) is 15.0 Å². The van der Waals surface area contributed by atoms with Crippen molar-refractivity contribution < 1.29 is 4.57 Å². The maximum absolute atomic E-state index is 12.5. The average molecular weight is 696 g/mol. The van der Waals surface area contributed by atoms with Gasteiger partial charge in [-0.15, -0.1) is 0 Å². The Morgan fingerprint density at radius 2 is 0.827 bits per heavy atom. The Morgan fingerprint density at radius 3 is 1.37 bits per heavy atom. The van der Waals surface area contributed by atoms with Gasteiger partial charge in [0.1, 0.15) is 7.14 Å². The molecule has 8 rings (SSSR count). The van der Waals surface area contributed by atoms with Crippen molar-refractivity contribution in [1.29, 1.82) is 0 Å². The molecule has 256 valence electrons. The molecule has 1 aromatic heterocycles. The molecule has 1 aliphatic rings. The maximum Gasteiger partial charge on any atom is 0.164 e. The van der Waals surface area contributed by atoms with Gasteiger partial charge in [-0.2, -0.15) is 0 Å². The molecule has 0 saturated heterocycles. The Kier molecular flexibility index (Phi) is 9.26. The summed E-state index contributed by atoms with van der Waals surface area (Å²) in [5, 5.41) is 0.916. The summed E-state index contributed by atoms with van der Waals surface area (Å²) < 4.78 is 12.5. The van der Waals surface area contributed by atoms with E-state index in [4.69, 9.17) is 15.0 Å². The van der Waals surface area contributed by atoms with Crippen molar-refractivity contribution >= 4 is 12.4 Å². The highest BCUT2D eigenvalue weighted by molar-refractivity contribution is 7.70. The molecule has 0 N–H and O–H groups in total. The lowest BCUT2D eigenvalue weighted by Crippen LogP contribution is -2.30. The van der Waals surface area contributed by atoms with Gasteiger partial charge in [0.2, 0.25) is 0 Å². The van der Waals surface area contributed by atoms with Crippen molar-refractivity contribution in [3.8, 4) is 56.4 Å². The van der Waals surface area contributed by atoms with Gasteiger partial charge in [-0.1, -0.05) is 171 Å². The van der Waals surface area contributed by atoms with Gasteiger partial charge in [0.25, 0.3) is 0 Å². The Hall–Kier alpha value is -5.44. The van der Waals surface area contributed by atoms with Crippen LogP contribution < -0.4 is 5.30 Å². The highest BCUT2D eigenvalue weighted by Crippen LogP contribution is 2.46. The molecule has 0 bridgehead atoms. The van der Waals surface area contributed by atoms with Crippen molar-refractivity contribution in [3.05, 3.63) is 169 Å². The van der Waals surface area contributed by atoms with Crippen LogP contribution in [0.2, 0.25) is 0 Å². The minimum Gasteiger partial charge on any atom is -0.319 e. The maximum atomic E-state index is 12.5. The summed E-state index contributed by atoms with van der Waals surface area (Å²) in [5.41, 5.74) is 10.1. The number of nitrogens with zero attached hydrogens (tertiary/aromatic N) is 3. The molecule has 0 radical (unpaired) electrons. The van der Waals surface area contributed by atoms with Crippen LogP contribution in [-0.4, -0.2) is 28.3 Å². The van der Waals surface area contributed by atoms with E-state index in [1.54, 1.807) is 0 Å². The monoisotopic (exact) mass is 695 g/mol. The number of hydrogen-bond acceptors (Lipinski definition) is 4. The van der Waals surface area contributed by atoms with Crippen molar-refractivity contribution in [2.75, 3.05) is 13.3 Å². The Morgan fingerprint density at radius 1 is 0.423 bits per heavy atom. The lowest BCUT2D eigenvalue weighted by molar-refractivity contribution is 0.346. The van der Waals surface area contributed by atoms with E-state index >= 15 is 0 Å². The molecule has 6 aromatic carbocycles. The molecule has 7 aromatic rings. The molecular formula is C47H42N3OP. The summed E-state index contributed by atoms with van der Waals surface area (Å²) >= 11 is 0. The zero-order valence-electron chi connectivity index (χ0n) is 29.7. The first-order chi connectivity index (χ1) is 25.4. The molecule has 1 saturated carbocycles. The minimum absolute atomic E-state index is 0.0480. The second-order valence-electron chi connectivity index (χ2n) is 14.3. The van der Waals surface area contributed by atoms with Gasteiger partial charge in [0, 0.05) is 27.4 Å². The minimum atomic E-state index is -2.28. The van der Waals surface area contributed by atoms with Crippen molar-refractivity contribution in [2.45, 2.75) is 37.5 Å². The third-order valence-electron chi connectivity index (χ3n) is 10.6. The number of hydrogen-bond donors (Lipinski definition) is 0. The summed E-state index contributed by atoms with van der Waals surface area (Å²) in [5.74, 6) is 1.98. The fourth-order valence-electron chi connectivity index (χ4n) is 7.65. The van der Waals surface area contributed by atoms with Crippen LogP contribution in [0.5, 0.6) is 0 Å². The zero-order valence-corrected chi connectivity index (χ0v) is 30.6. The van der Waals surface area contributed by atoms with E-state index in [1.165, 1.54) is 36.0 Å². The normalized spacial score (nSPS) is 14.2. The van der Waals surface area contributed by atoms with Gasteiger partial charge in [0.15, 0.2) is 17.5 Å². The predicted octanol–water partition coefficient (Wildman–Crippen LogP) is 11.7. The topological polar surface area (TPSA) is 55.7 Å². The van der Waals surface area contributed by atoms with Crippen LogP contribution in [0.1, 0.15) is 43.2 Å². The van der Waals surface area contributed by atoms with Crippen LogP contribution >= 0.6 is 7.14 Å². The number of aromatic nitrogens is 3. The largest absolute Gasteiger partial charge is 0.319 e. The van der Waals surface area contributed by atoms with Crippen molar-refractivity contribution in [2.24, 2.45) is 0 Å². The number of rotatable bonds is 8. The van der Waals surface area contributed by atoms with E-state index < -0.39 is 7.14 Å². The second-order valence-corrected chi connectivity index (χ2v) is 17.5. The molecule has 0 aliphatic heterocycles. The van der Waals surface area contributed by atoms with Gasteiger partial charge in [-0.3, -0.25) is 0 Å². The fourth-order valence-corrected chi connectivity index (χ4v) is 8.52. The SMILES string of the molecule is CP(C)(=O)c1ccc(-c2ccc(C3(c4ccc(-c5nc(-c6ccccc6)nc(-c6cccc(-c7ccccc7)c6)n5)cc4)CCCCC3)cc2)cc1. The highest BCUT2D eigenvalue weighted by Gasteiger charge is 2.35. The van der Waals surface area contributed by atoms with Crippen LogP contribution in [0.15, 0.2) is 158 Å². The van der Waals surface area contributed by atoms with Crippen LogP contribution in [0.25, 0.3) is 56.4 Å². The molecule has 4 nitrogen and oxygen atoms in total. The lowest BCUT2D eigenvalue weighted by Gasteiger charge is -2.39. The first kappa shape index (κ1) is 33.7. The smallest absolute Gasteiger partial charge is 0.164 e. The fraction of sp³-hybridized carbons (Fsp3) is 0.170. The first-order valence-corrected chi connectivity index (χ1v) is 20.8. The molecular weight excluding hydrogens is 654 g/mol. The van der Waals surface area contributed by atoms with E-state index in [0.29, 0.717) is 17.5 Å². The molecule has 1 fully saturated rings.